The third-order valence-electron chi connectivity index (χ3n) is 8.69. The molecule has 0 unspecified atom stereocenters. The third-order valence-corrected chi connectivity index (χ3v) is 8.69. The van der Waals surface area contributed by atoms with Crippen LogP contribution >= 0.6 is 0 Å². The first-order valence-electron chi connectivity index (χ1n) is 15.6. The first kappa shape index (κ1) is 27.5. The van der Waals surface area contributed by atoms with Gasteiger partial charge < -0.3 is 5.32 Å². The van der Waals surface area contributed by atoms with Crippen LogP contribution in [0.1, 0.15) is 16.7 Å². The molecule has 0 aliphatic carbocycles. The summed E-state index contributed by atoms with van der Waals surface area (Å²) in [6.45, 7) is 0.675. The monoisotopic (exact) mass is 589 g/mol. The Morgan fingerprint density at radius 2 is 1.02 bits per heavy atom. The number of aromatic nitrogens is 1. The van der Waals surface area contributed by atoms with Gasteiger partial charge in [-0.1, -0.05) is 152 Å². The van der Waals surface area contributed by atoms with E-state index in [9.17, 15) is 0 Å². The van der Waals surface area contributed by atoms with E-state index < -0.39 is 0 Å². The molecule has 218 valence electrons. The molecule has 0 amide bonds. The molecule has 46 heavy (non-hydrogen) atoms. The van der Waals surface area contributed by atoms with Gasteiger partial charge in [0.05, 0.1) is 5.70 Å². The Labute approximate surface area is 269 Å². The number of pyridine rings is 1. The molecule has 0 atom stereocenters. The second kappa shape index (κ2) is 12.1. The zero-order valence-corrected chi connectivity index (χ0v) is 25.3. The Morgan fingerprint density at radius 3 is 1.78 bits per heavy atom. The molecule has 0 saturated heterocycles. The average molecular weight is 590 g/mol. The molecule has 1 aromatic heterocycles. The lowest BCUT2D eigenvalue weighted by Crippen LogP contribution is -2.30. The molecule has 0 fully saturated rings. The number of benzene rings is 6. The molecular weight excluding hydrogens is 558 g/mol. The van der Waals surface area contributed by atoms with Crippen molar-refractivity contribution in [3.63, 3.8) is 0 Å². The third kappa shape index (κ3) is 5.40. The minimum Gasteiger partial charge on any atom is -0.365 e. The Morgan fingerprint density at radius 1 is 0.435 bits per heavy atom. The lowest BCUT2D eigenvalue weighted by molar-refractivity contribution is 1.03. The van der Waals surface area contributed by atoms with Crippen LogP contribution < -0.4 is 5.32 Å². The summed E-state index contributed by atoms with van der Waals surface area (Å²) >= 11 is 0. The van der Waals surface area contributed by atoms with E-state index in [0.717, 1.165) is 39.3 Å². The van der Waals surface area contributed by atoms with E-state index in [-0.39, 0.29) is 0 Å². The molecule has 0 bridgehead atoms. The van der Waals surface area contributed by atoms with Gasteiger partial charge in [-0.15, -0.1) is 0 Å². The molecule has 3 nitrogen and oxygen atoms in total. The number of hydrogen-bond acceptors (Lipinski definition) is 3. The van der Waals surface area contributed by atoms with Crippen LogP contribution in [0.2, 0.25) is 0 Å². The van der Waals surface area contributed by atoms with Crippen LogP contribution in [-0.4, -0.2) is 17.4 Å². The van der Waals surface area contributed by atoms with Crippen molar-refractivity contribution in [3.05, 3.63) is 187 Å². The van der Waals surface area contributed by atoms with E-state index >= 15 is 0 Å². The first-order chi connectivity index (χ1) is 22.8. The lowest BCUT2D eigenvalue weighted by atomic mass is 9.94. The molecule has 6 aromatic carbocycles. The largest absolute Gasteiger partial charge is 0.365 e. The van der Waals surface area contributed by atoms with Gasteiger partial charge in [-0.25, -0.2) is 4.99 Å². The van der Waals surface area contributed by atoms with E-state index in [2.05, 4.69) is 162 Å². The maximum Gasteiger partial charge on any atom is 0.134 e. The average Bonchev–Trinajstić information content (AvgIpc) is 3.15. The minimum absolute atomic E-state index is 0.675. The highest BCUT2D eigenvalue weighted by atomic mass is 15.0. The highest BCUT2D eigenvalue weighted by molar-refractivity contribution is 6.09. The first-order valence-corrected chi connectivity index (χ1v) is 15.6. The van der Waals surface area contributed by atoms with Gasteiger partial charge in [-0.05, 0) is 55.8 Å². The van der Waals surface area contributed by atoms with Gasteiger partial charge in [0.1, 0.15) is 5.84 Å². The van der Waals surface area contributed by atoms with Crippen molar-refractivity contribution in [3.8, 4) is 33.4 Å². The van der Waals surface area contributed by atoms with Gasteiger partial charge in [0.2, 0.25) is 0 Å². The number of amidine groups is 1. The second-order valence-corrected chi connectivity index (χ2v) is 11.5. The highest BCUT2D eigenvalue weighted by Gasteiger charge is 2.19. The summed E-state index contributed by atoms with van der Waals surface area (Å²) in [4.78, 5) is 9.59. The predicted molar refractivity (Wildman–Crippen MR) is 192 cm³/mol. The van der Waals surface area contributed by atoms with Crippen LogP contribution in [0.5, 0.6) is 0 Å². The molecule has 3 heteroatoms. The lowest BCUT2D eigenvalue weighted by Gasteiger charge is -2.22. The summed E-state index contributed by atoms with van der Waals surface area (Å²) in [6, 6.07) is 55.8. The van der Waals surface area contributed by atoms with Crippen molar-refractivity contribution in [2.45, 2.75) is 0 Å². The number of nitrogens with zero attached hydrogens (tertiary/aromatic N) is 2. The zero-order chi connectivity index (χ0) is 30.7. The van der Waals surface area contributed by atoms with Gasteiger partial charge >= 0.3 is 0 Å². The quantitative estimate of drug-likeness (QED) is 0.210. The van der Waals surface area contributed by atoms with E-state index in [1.54, 1.807) is 6.20 Å². The number of hydrogen-bond donors (Lipinski definition) is 1. The summed E-state index contributed by atoms with van der Waals surface area (Å²) in [7, 11) is 0. The maximum absolute atomic E-state index is 5.29. The summed E-state index contributed by atoms with van der Waals surface area (Å²) < 4.78 is 0. The fourth-order valence-corrected chi connectivity index (χ4v) is 6.25. The molecule has 1 N–H and O–H groups in total. The van der Waals surface area contributed by atoms with E-state index in [0.29, 0.717) is 6.54 Å². The Bertz CT molecular complexity index is 2190. The molecule has 1 aliphatic rings. The van der Waals surface area contributed by atoms with Gasteiger partial charge in [0.15, 0.2) is 0 Å². The van der Waals surface area contributed by atoms with Crippen molar-refractivity contribution in [1.82, 2.24) is 10.3 Å². The SMILES string of the molecule is c1ccc(-c2ccc(C3=C(c4ccc(-c5cccnc5)cc4)N=C(c4ccc(-c5cccc6ccccc56)cc4)NC3)cc2)cc1. The van der Waals surface area contributed by atoms with Crippen LogP contribution in [0.15, 0.2) is 175 Å². The van der Waals surface area contributed by atoms with Gasteiger partial charge in [0, 0.05) is 35.6 Å². The molecule has 0 saturated carbocycles. The number of rotatable bonds is 6. The summed E-state index contributed by atoms with van der Waals surface area (Å²) in [6.07, 6.45) is 3.70. The summed E-state index contributed by atoms with van der Waals surface area (Å²) in [5, 5.41) is 6.14. The van der Waals surface area contributed by atoms with Gasteiger partial charge in [-0.2, -0.15) is 0 Å². The van der Waals surface area contributed by atoms with Crippen molar-refractivity contribution in [2.75, 3.05) is 6.54 Å². The fraction of sp³-hybridized carbons (Fsp3) is 0.0233. The highest BCUT2D eigenvalue weighted by Crippen LogP contribution is 2.34. The van der Waals surface area contributed by atoms with Crippen molar-refractivity contribution in [1.29, 1.82) is 0 Å². The molecule has 7 aromatic rings. The number of nitrogens with one attached hydrogen (secondary N) is 1. The Hall–Kier alpha value is -6.06. The summed E-state index contributed by atoms with van der Waals surface area (Å²) in [5.74, 6) is 0.875. The number of fused-ring (bicyclic) bond motifs is 1. The fourth-order valence-electron chi connectivity index (χ4n) is 6.25. The summed E-state index contributed by atoms with van der Waals surface area (Å²) in [5.41, 5.74) is 12.5. The van der Waals surface area contributed by atoms with Crippen LogP contribution in [-0.2, 0) is 0 Å². The normalized spacial score (nSPS) is 12.9. The van der Waals surface area contributed by atoms with Crippen LogP contribution in [0.3, 0.4) is 0 Å². The molecular formula is C43H31N3. The van der Waals surface area contributed by atoms with Crippen LogP contribution in [0.25, 0.3) is 55.4 Å². The topological polar surface area (TPSA) is 37.3 Å². The Kier molecular flexibility index (Phi) is 7.26. The molecule has 2 heterocycles. The zero-order valence-electron chi connectivity index (χ0n) is 25.3. The molecule has 1 aliphatic heterocycles. The van der Waals surface area contributed by atoms with E-state index in [1.165, 1.54) is 38.6 Å². The minimum atomic E-state index is 0.675. The van der Waals surface area contributed by atoms with Gasteiger partial charge in [0.25, 0.3) is 0 Å². The molecule has 0 radical (unpaired) electrons. The predicted octanol–water partition coefficient (Wildman–Crippen LogP) is 10.2. The van der Waals surface area contributed by atoms with Crippen molar-refractivity contribution >= 4 is 27.9 Å². The molecule has 8 rings (SSSR count). The van der Waals surface area contributed by atoms with E-state index in [4.69, 9.17) is 4.99 Å². The molecule has 0 spiro atoms. The Balaban J connectivity index is 1.18. The van der Waals surface area contributed by atoms with Crippen LogP contribution in [0.4, 0.5) is 0 Å². The van der Waals surface area contributed by atoms with E-state index in [1.807, 2.05) is 12.3 Å². The number of aliphatic imine (C=N–C) groups is 1. The van der Waals surface area contributed by atoms with Crippen LogP contribution in [0, 0.1) is 0 Å². The maximum atomic E-state index is 5.29. The van der Waals surface area contributed by atoms with Gasteiger partial charge in [-0.3, -0.25) is 4.98 Å². The smallest absolute Gasteiger partial charge is 0.134 e. The van der Waals surface area contributed by atoms with Crippen molar-refractivity contribution in [2.24, 2.45) is 4.99 Å². The van der Waals surface area contributed by atoms with Crippen molar-refractivity contribution < 1.29 is 0 Å². The second-order valence-electron chi connectivity index (χ2n) is 11.5. The standard InChI is InChI=1S/C43H31N3/c1-2-8-30(9-3-1)31-15-19-35(20-16-31)41-29-45-43(46-42(41)36-23-17-32(18-24-36)38-12-7-27-44-28-38)37-25-21-34(22-26-37)40-14-6-11-33-10-4-5-13-39(33)40/h1-28H,29H2,(H,45,46).